The number of hydrogen-bond donors (Lipinski definition) is 1. The van der Waals surface area contributed by atoms with E-state index in [0.717, 1.165) is 23.7 Å². The normalized spacial score (nSPS) is 26.9. The Kier molecular flexibility index (Phi) is 5.35. The largest absolute Gasteiger partial charge is 0.392 e. The molecule has 134 valence electrons. The van der Waals surface area contributed by atoms with Crippen LogP contribution in [0.1, 0.15) is 24.0 Å². The molecule has 2 atom stereocenters. The number of aliphatic hydroxyl groups excluding tert-OH is 1. The third-order valence-corrected chi connectivity index (χ3v) is 6.52. The number of hydrogen-bond acceptors (Lipinski definition) is 5. The molecule has 24 heavy (non-hydrogen) atoms. The predicted octanol–water partition coefficient (Wildman–Crippen LogP) is 3.14. The molecule has 2 aliphatic rings. The van der Waals surface area contributed by atoms with Crippen LogP contribution in [0.3, 0.4) is 0 Å². The van der Waals surface area contributed by atoms with E-state index in [9.17, 15) is 5.11 Å². The van der Waals surface area contributed by atoms with Crippen molar-refractivity contribution in [1.29, 1.82) is 0 Å². The fourth-order valence-electron chi connectivity index (χ4n) is 3.45. The van der Waals surface area contributed by atoms with Gasteiger partial charge in [-0.2, -0.15) is 0 Å². The van der Waals surface area contributed by atoms with Crippen LogP contribution in [0.25, 0.3) is 0 Å². The van der Waals surface area contributed by atoms with Crippen LogP contribution in [0, 0.1) is 0 Å². The van der Waals surface area contributed by atoms with E-state index < -0.39 is 25.9 Å². The number of halogens is 1. The first-order valence-electron chi connectivity index (χ1n) is 8.47. The van der Waals surface area contributed by atoms with Crippen LogP contribution in [0.2, 0.25) is 30.8 Å². The number of aliphatic hydroxyl groups is 1. The summed E-state index contributed by atoms with van der Waals surface area (Å²) < 4.78 is 16.8. The lowest BCUT2D eigenvalue weighted by Gasteiger charge is -2.35. The molecule has 5 nitrogen and oxygen atoms in total. The van der Waals surface area contributed by atoms with Gasteiger partial charge in [-0.25, -0.2) is 4.98 Å². The van der Waals surface area contributed by atoms with Crippen molar-refractivity contribution in [2.24, 2.45) is 0 Å². The van der Waals surface area contributed by atoms with Crippen molar-refractivity contribution in [2.45, 2.75) is 49.9 Å². The third-order valence-electron chi connectivity index (χ3n) is 4.72. The Morgan fingerprint density at radius 3 is 2.58 bits per heavy atom. The van der Waals surface area contributed by atoms with Gasteiger partial charge in [0.25, 0.3) is 0 Å². The van der Waals surface area contributed by atoms with E-state index in [2.05, 4.69) is 24.6 Å². The molecular weight excluding hydrogens is 346 g/mol. The maximum atomic E-state index is 11.0. The molecule has 7 heteroatoms. The second-order valence-corrected chi connectivity index (χ2v) is 13.8. The molecule has 0 spiro atoms. The maximum absolute atomic E-state index is 11.0. The predicted molar refractivity (Wildman–Crippen MR) is 95.2 cm³/mol. The smallest absolute Gasteiger partial charge is 0.184 e. The molecule has 1 aromatic rings. The van der Waals surface area contributed by atoms with Gasteiger partial charge < -0.3 is 19.3 Å². The van der Waals surface area contributed by atoms with Crippen molar-refractivity contribution in [3.8, 4) is 0 Å². The van der Waals surface area contributed by atoms with Gasteiger partial charge in [0.15, 0.2) is 6.29 Å². The van der Waals surface area contributed by atoms with Gasteiger partial charge in [-0.05, 0) is 24.6 Å². The highest BCUT2D eigenvalue weighted by Gasteiger charge is 2.46. The molecule has 2 unspecified atom stereocenters. The van der Waals surface area contributed by atoms with Gasteiger partial charge in [0.1, 0.15) is 5.15 Å². The van der Waals surface area contributed by atoms with Gasteiger partial charge in [-0.3, -0.25) is 0 Å². The highest BCUT2D eigenvalue weighted by molar-refractivity contribution is 6.76. The lowest BCUT2D eigenvalue weighted by atomic mass is 9.78. The topological polar surface area (TPSA) is 60.8 Å². The number of nitrogens with zero attached hydrogens (tertiary/aromatic N) is 1. The molecule has 0 amide bonds. The summed E-state index contributed by atoms with van der Waals surface area (Å²) >= 11 is 6.27. The number of rotatable bonds is 5. The molecule has 1 N–H and O–H groups in total. The third kappa shape index (κ3) is 3.84. The molecule has 2 saturated heterocycles. The monoisotopic (exact) mass is 371 g/mol. The minimum atomic E-state index is -1.44. The number of ether oxygens (including phenoxy) is 3. The molecule has 0 radical (unpaired) electrons. The van der Waals surface area contributed by atoms with Crippen molar-refractivity contribution in [3.05, 3.63) is 28.5 Å². The lowest BCUT2D eigenvalue weighted by Crippen LogP contribution is -2.45. The van der Waals surface area contributed by atoms with E-state index in [-0.39, 0.29) is 0 Å². The van der Waals surface area contributed by atoms with Gasteiger partial charge in [0.05, 0.1) is 37.0 Å². The summed E-state index contributed by atoms with van der Waals surface area (Å²) in [5, 5.41) is 11.4. The van der Waals surface area contributed by atoms with E-state index in [4.69, 9.17) is 25.8 Å². The Bertz CT molecular complexity index is 580. The summed E-state index contributed by atoms with van der Waals surface area (Å²) in [6, 6.07) is 4.54. The van der Waals surface area contributed by atoms with Crippen LogP contribution in [-0.2, 0) is 19.6 Å². The van der Waals surface area contributed by atoms with Crippen LogP contribution < -0.4 is 0 Å². The Morgan fingerprint density at radius 1 is 1.29 bits per heavy atom. The Morgan fingerprint density at radius 2 is 2.00 bits per heavy atom. The Balaban J connectivity index is 1.96. The summed E-state index contributed by atoms with van der Waals surface area (Å²) in [4.78, 5) is 4.54. The van der Waals surface area contributed by atoms with Crippen molar-refractivity contribution < 1.29 is 19.3 Å². The maximum Gasteiger partial charge on any atom is 0.184 e. The minimum absolute atomic E-state index is 0.396. The van der Waals surface area contributed by atoms with Crippen molar-refractivity contribution in [3.63, 3.8) is 0 Å². The highest BCUT2D eigenvalue weighted by Crippen LogP contribution is 2.40. The van der Waals surface area contributed by atoms with Crippen LogP contribution in [0.15, 0.2) is 12.1 Å². The molecule has 3 rings (SSSR count). The summed E-state index contributed by atoms with van der Waals surface area (Å²) in [5.41, 5.74) is 1.14. The zero-order valence-electron chi connectivity index (χ0n) is 14.5. The molecule has 2 fully saturated rings. The molecule has 0 bridgehead atoms. The van der Waals surface area contributed by atoms with Gasteiger partial charge in [-0.15, -0.1) is 0 Å². The van der Waals surface area contributed by atoms with Gasteiger partial charge >= 0.3 is 0 Å². The van der Waals surface area contributed by atoms with Crippen molar-refractivity contribution >= 4 is 19.7 Å². The summed E-state index contributed by atoms with van der Waals surface area (Å²) in [6.45, 7) is 9.03. The molecule has 0 aliphatic carbocycles. The van der Waals surface area contributed by atoms with E-state index >= 15 is 0 Å². The number of aromatic nitrogens is 1. The summed E-state index contributed by atoms with van der Waals surface area (Å²) in [5.74, 6) is 0. The fraction of sp³-hybridized carbons (Fsp3) is 0.706. The molecule has 1 aromatic heterocycles. The van der Waals surface area contributed by atoms with Crippen LogP contribution in [-0.4, -0.2) is 50.7 Å². The second kappa shape index (κ2) is 7.01. The van der Waals surface area contributed by atoms with Crippen LogP contribution in [0.4, 0.5) is 0 Å². The average Bonchev–Trinajstić information content (AvgIpc) is 3.17. The van der Waals surface area contributed by atoms with E-state index in [0.29, 0.717) is 31.6 Å². The average molecular weight is 372 g/mol. The van der Waals surface area contributed by atoms with Crippen molar-refractivity contribution in [1.82, 2.24) is 4.98 Å². The van der Waals surface area contributed by atoms with Crippen LogP contribution in [0.5, 0.6) is 0 Å². The fourth-order valence-corrected chi connectivity index (χ4v) is 5.22. The summed E-state index contributed by atoms with van der Waals surface area (Å²) in [6.07, 6.45) is -0.147. The molecule has 0 saturated carbocycles. The zero-order chi connectivity index (χ0) is 17.4. The first-order valence-corrected chi connectivity index (χ1v) is 12.6. The first-order chi connectivity index (χ1) is 11.3. The molecule has 2 aliphatic heterocycles. The first kappa shape index (κ1) is 18.3. The second-order valence-electron chi connectivity index (χ2n) is 7.92. The van der Waals surface area contributed by atoms with Gasteiger partial charge in [0, 0.05) is 20.2 Å². The minimum Gasteiger partial charge on any atom is -0.392 e. The van der Waals surface area contributed by atoms with Gasteiger partial charge in [-0.1, -0.05) is 31.2 Å². The molecule has 0 aromatic carbocycles. The molecule has 3 heterocycles. The quantitative estimate of drug-likeness (QED) is 0.636. The lowest BCUT2D eigenvalue weighted by molar-refractivity contribution is -0.0443. The van der Waals surface area contributed by atoms with E-state index in [1.54, 1.807) is 6.07 Å². The number of pyridine rings is 1. The highest BCUT2D eigenvalue weighted by atomic mass is 35.5. The van der Waals surface area contributed by atoms with Gasteiger partial charge in [0.2, 0.25) is 0 Å². The van der Waals surface area contributed by atoms with Crippen molar-refractivity contribution in [2.75, 3.05) is 26.4 Å². The Hall–Kier alpha value is -0.503. The van der Waals surface area contributed by atoms with E-state index in [1.807, 2.05) is 6.07 Å². The Labute approximate surface area is 149 Å². The molecular formula is C17H26ClNO4Si. The SMILES string of the molecule is C[Si](C)(C)CC(O)C1(c2cc(C3OCCO3)cc(Cl)n2)CCOC1. The standard InChI is InChI=1S/C17H26ClNO4Si/c1-24(2,3)10-14(20)17(4-5-21-11-17)13-8-12(9-15(18)19-13)16-22-6-7-23-16/h8-9,14,16,20H,4-7,10-11H2,1-3H3. The van der Waals surface area contributed by atoms with E-state index in [1.165, 1.54) is 0 Å². The summed E-state index contributed by atoms with van der Waals surface area (Å²) in [7, 11) is -1.44. The van der Waals surface area contributed by atoms with Crippen LogP contribution >= 0.6 is 11.6 Å². The zero-order valence-corrected chi connectivity index (χ0v) is 16.3.